The number of fused-ring (bicyclic) bond motifs is 3. The van der Waals surface area contributed by atoms with E-state index in [1.54, 1.807) is 24.9 Å². The number of benzene rings is 2. The summed E-state index contributed by atoms with van der Waals surface area (Å²) < 4.78 is 13.7. The maximum absolute atomic E-state index is 13.0. The fraction of sp³-hybridized carbons (Fsp3) is 0.174. The van der Waals surface area contributed by atoms with Crippen LogP contribution in [0.1, 0.15) is 5.56 Å². The Morgan fingerprint density at radius 1 is 0.938 bits per heavy atom. The molecule has 5 rings (SSSR count). The number of aryl methyl sites for hydroxylation is 2. The van der Waals surface area contributed by atoms with Gasteiger partial charge in [0.15, 0.2) is 28.3 Å². The van der Waals surface area contributed by atoms with Crippen molar-refractivity contribution in [3.63, 3.8) is 0 Å². The summed E-state index contributed by atoms with van der Waals surface area (Å²) in [6.45, 7) is 0.436. The van der Waals surface area contributed by atoms with E-state index in [4.69, 9.17) is 9.47 Å². The highest BCUT2D eigenvalue weighted by atomic mass is 16.5. The van der Waals surface area contributed by atoms with Crippen molar-refractivity contribution in [1.29, 1.82) is 0 Å². The summed E-state index contributed by atoms with van der Waals surface area (Å²) in [6.07, 6.45) is 3.85. The Morgan fingerprint density at radius 2 is 1.75 bits per heavy atom. The van der Waals surface area contributed by atoms with E-state index in [-0.39, 0.29) is 11.1 Å². The molecule has 0 radical (unpaired) electrons. The molecule has 32 heavy (non-hydrogen) atoms. The van der Waals surface area contributed by atoms with E-state index in [0.29, 0.717) is 35.8 Å². The van der Waals surface area contributed by atoms with E-state index in [1.165, 1.54) is 10.9 Å². The van der Waals surface area contributed by atoms with Gasteiger partial charge in [-0.3, -0.25) is 9.36 Å². The molecule has 3 aromatic heterocycles. The van der Waals surface area contributed by atoms with Crippen molar-refractivity contribution in [3.8, 4) is 22.6 Å². The van der Waals surface area contributed by atoms with E-state index in [2.05, 4.69) is 20.3 Å². The summed E-state index contributed by atoms with van der Waals surface area (Å²) in [5.74, 6) is 1.31. The predicted octanol–water partition coefficient (Wildman–Crippen LogP) is 2.76. The molecule has 9 nitrogen and oxygen atoms in total. The summed E-state index contributed by atoms with van der Waals surface area (Å²) in [4.78, 5) is 17.5. The Balaban J connectivity index is 1.48. The molecule has 0 unspecified atom stereocenters. The van der Waals surface area contributed by atoms with Gasteiger partial charge in [0.25, 0.3) is 5.56 Å². The minimum Gasteiger partial charge on any atom is -0.493 e. The normalized spacial score (nSPS) is 11.2. The number of methoxy groups -OCH3 is 2. The number of hydrogen-bond acceptors (Lipinski definition) is 7. The summed E-state index contributed by atoms with van der Waals surface area (Å²) >= 11 is 0. The molecule has 0 fully saturated rings. The minimum atomic E-state index is -0.262. The van der Waals surface area contributed by atoms with Crippen LogP contribution in [0.3, 0.4) is 0 Å². The quantitative estimate of drug-likeness (QED) is 0.410. The summed E-state index contributed by atoms with van der Waals surface area (Å²) in [5, 5.41) is 12.9. The molecule has 0 saturated carbocycles. The molecule has 0 spiro atoms. The van der Waals surface area contributed by atoms with Gasteiger partial charge in [0.1, 0.15) is 6.33 Å². The highest BCUT2D eigenvalue weighted by Crippen LogP contribution is 2.28. The van der Waals surface area contributed by atoms with Crippen molar-refractivity contribution >= 4 is 16.8 Å². The number of nitrogens with zero attached hydrogens (tertiary/aromatic N) is 6. The molecule has 160 valence electrons. The van der Waals surface area contributed by atoms with E-state index >= 15 is 0 Å². The van der Waals surface area contributed by atoms with Gasteiger partial charge in [0.05, 0.1) is 20.4 Å². The zero-order valence-corrected chi connectivity index (χ0v) is 17.6. The first kappa shape index (κ1) is 19.7. The minimum absolute atomic E-state index is 0.176. The van der Waals surface area contributed by atoms with Crippen LogP contribution in [0, 0.1) is 0 Å². The first-order valence-electron chi connectivity index (χ1n) is 10.1. The third kappa shape index (κ3) is 3.33. The molecule has 3 heterocycles. The monoisotopic (exact) mass is 428 g/mol. The SMILES string of the molecule is COc1ccc(CCn2cnc3c(nnc4c(-c5ccccc5)cnn43)c2=O)cc1OC. The average molecular weight is 428 g/mol. The lowest BCUT2D eigenvalue weighted by molar-refractivity contribution is 0.354. The van der Waals surface area contributed by atoms with Crippen molar-refractivity contribution in [1.82, 2.24) is 29.4 Å². The molecule has 0 aliphatic rings. The van der Waals surface area contributed by atoms with Gasteiger partial charge in [0.2, 0.25) is 0 Å². The van der Waals surface area contributed by atoms with Crippen LogP contribution in [0.5, 0.6) is 11.5 Å². The number of aromatic nitrogens is 6. The number of hydrogen-bond donors (Lipinski definition) is 0. The van der Waals surface area contributed by atoms with Gasteiger partial charge in [-0.25, -0.2) is 4.98 Å². The van der Waals surface area contributed by atoms with E-state index in [9.17, 15) is 4.79 Å². The topological polar surface area (TPSA) is 96.4 Å². The van der Waals surface area contributed by atoms with Crippen LogP contribution in [0.25, 0.3) is 27.9 Å². The Morgan fingerprint density at radius 3 is 2.53 bits per heavy atom. The van der Waals surface area contributed by atoms with Crippen LogP contribution in [0.15, 0.2) is 65.8 Å². The van der Waals surface area contributed by atoms with Gasteiger partial charge in [-0.15, -0.1) is 10.2 Å². The van der Waals surface area contributed by atoms with Crippen molar-refractivity contribution in [2.24, 2.45) is 0 Å². The lowest BCUT2D eigenvalue weighted by Gasteiger charge is -2.10. The Labute approximate surface area is 182 Å². The fourth-order valence-electron chi connectivity index (χ4n) is 3.67. The van der Waals surface area contributed by atoms with Crippen LogP contribution < -0.4 is 15.0 Å². The second kappa shape index (κ2) is 8.10. The van der Waals surface area contributed by atoms with Crippen LogP contribution in [-0.4, -0.2) is 43.6 Å². The van der Waals surface area contributed by atoms with Crippen molar-refractivity contribution < 1.29 is 9.47 Å². The Kier molecular flexibility index (Phi) is 4.98. The number of ether oxygens (including phenoxy) is 2. The van der Waals surface area contributed by atoms with Gasteiger partial charge in [0, 0.05) is 12.1 Å². The molecule has 0 saturated heterocycles. The zero-order valence-electron chi connectivity index (χ0n) is 17.6. The molecule has 0 atom stereocenters. The first-order chi connectivity index (χ1) is 15.7. The molecular weight excluding hydrogens is 408 g/mol. The smallest absolute Gasteiger partial charge is 0.283 e. The lowest BCUT2D eigenvalue weighted by atomic mass is 10.1. The molecule has 0 N–H and O–H groups in total. The summed E-state index contributed by atoms with van der Waals surface area (Å²) in [6, 6.07) is 15.5. The van der Waals surface area contributed by atoms with Crippen molar-refractivity contribution in [2.45, 2.75) is 13.0 Å². The maximum atomic E-state index is 13.0. The molecule has 0 amide bonds. The third-order valence-electron chi connectivity index (χ3n) is 5.36. The van der Waals surface area contributed by atoms with Gasteiger partial charge in [-0.2, -0.15) is 9.61 Å². The van der Waals surface area contributed by atoms with E-state index in [1.807, 2.05) is 48.5 Å². The highest BCUT2D eigenvalue weighted by molar-refractivity contribution is 5.80. The molecular formula is C23H20N6O3. The Hall–Kier alpha value is -4.27. The first-order valence-corrected chi connectivity index (χ1v) is 10.1. The second-order valence-corrected chi connectivity index (χ2v) is 7.21. The van der Waals surface area contributed by atoms with Gasteiger partial charge in [-0.1, -0.05) is 36.4 Å². The average Bonchev–Trinajstić information content (AvgIpc) is 3.28. The van der Waals surface area contributed by atoms with Gasteiger partial charge < -0.3 is 9.47 Å². The predicted molar refractivity (Wildman–Crippen MR) is 119 cm³/mol. The highest BCUT2D eigenvalue weighted by Gasteiger charge is 2.15. The third-order valence-corrected chi connectivity index (χ3v) is 5.36. The van der Waals surface area contributed by atoms with Gasteiger partial charge >= 0.3 is 0 Å². The largest absolute Gasteiger partial charge is 0.493 e. The standard InChI is InChI=1S/C23H20N6O3/c1-31-18-9-8-15(12-19(18)32-2)10-11-28-14-24-22-20(23(28)30)26-27-21-17(13-25-29(21)22)16-6-4-3-5-7-16/h3-9,12-14H,10-11H2,1-2H3. The van der Waals surface area contributed by atoms with E-state index < -0.39 is 0 Å². The van der Waals surface area contributed by atoms with Gasteiger partial charge in [-0.05, 0) is 29.7 Å². The fourth-order valence-corrected chi connectivity index (χ4v) is 3.67. The van der Waals surface area contributed by atoms with Crippen LogP contribution in [-0.2, 0) is 13.0 Å². The van der Waals surface area contributed by atoms with Crippen molar-refractivity contribution in [3.05, 3.63) is 77.0 Å². The van der Waals surface area contributed by atoms with Crippen LogP contribution in [0.2, 0.25) is 0 Å². The molecule has 2 aromatic carbocycles. The molecule has 0 bridgehead atoms. The summed E-state index contributed by atoms with van der Waals surface area (Å²) in [5.41, 5.74) is 3.66. The summed E-state index contributed by atoms with van der Waals surface area (Å²) in [7, 11) is 3.19. The lowest BCUT2D eigenvalue weighted by Crippen LogP contribution is -2.23. The van der Waals surface area contributed by atoms with E-state index in [0.717, 1.165) is 16.7 Å². The zero-order chi connectivity index (χ0) is 22.1. The molecule has 5 aromatic rings. The molecule has 9 heteroatoms. The maximum Gasteiger partial charge on any atom is 0.283 e. The Bertz CT molecular complexity index is 1480. The van der Waals surface area contributed by atoms with Crippen molar-refractivity contribution in [2.75, 3.05) is 14.2 Å². The molecule has 0 aliphatic heterocycles. The number of rotatable bonds is 6. The molecule has 0 aliphatic carbocycles. The van der Waals surface area contributed by atoms with Crippen LogP contribution in [0.4, 0.5) is 0 Å². The van der Waals surface area contributed by atoms with Crippen LogP contribution >= 0.6 is 0 Å². The second-order valence-electron chi connectivity index (χ2n) is 7.21.